The molecule has 0 radical (unpaired) electrons. The van der Waals surface area contributed by atoms with Crippen LogP contribution in [0.25, 0.3) is 33.1 Å². The molecule has 4 aromatic rings. The van der Waals surface area contributed by atoms with Crippen molar-refractivity contribution in [3.63, 3.8) is 0 Å². The predicted molar refractivity (Wildman–Crippen MR) is 126 cm³/mol. The molecular formula is C26H24N4O3. The zero-order chi connectivity index (χ0) is 22.6. The number of rotatable bonds is 2. The second-order valence-electron chi connectivity index (χ2n) is 9.10. The molecule has 4 heterocycles. The SMILES string of the molecule is Cn1ccc2cc(-c3cnc4ccc(C(=O)N5CCC[C@]6(CCO6)C5)cc4n3)ccc2c1=O. The lowest BCUT2D eigenvalue weighted by molar-refractivity contribution is -0.171. The van der Waals surface area contributed by atoms with E-state index in [4.69, 9.17) is 9.72 Å². The number of carbonyl (C=O) groups is 1. The van der Waals surface area contributed by atoms with Crippen molar-refractivity contribution in [1.82, 2.24) is 19.4 Å². The smallest absolute Gasteiger partial charge is 0.258 e. The standard InChI is InChI=1S/C26H24N4O3/c1-29-11-7-17-13-18(3-5-20(17)25(29)32)23-15-27-21-6-4-19(14-22(21)28-23)24(31)30-10-2-8-26(16-30)9-12-33-26/h3-7,11,13-15H,2,8-10,12,16H2,1H3/t26-/m0/s1. The van der Waals surface area contributed by atoms with Crippen LogP contribution in [0.4, 0.5) is 0 Å². The van der Waals surface area contributed by atoms with Gasteiger partial charge in [0.05, 0.1) is 41.7 Å². The van der Waals surface area contributed by atoms with Crippen LogP contribution >= 0.6 is 0 Å². The minimum atomic E-state index is -0.130. The van der Waals surface area contributed by atoms with E-state index in [1.807, 2.05) is 47.4 Å². The van der Waals surface area contributed by atoms with E-state index in [0.717, 1.165) is 48.9 Å². The fourth-order valence-corrected chi connectivity index (χ4v) is 4.95. The van der Waals surface area contributed by atoms with Gasteiger partial charge in [0.2, 0.25) is 0 Å². The minimum absolute atomic E-state index is 0.0141. The van der Waals surface area contributed by atoms with Crippen molar-refractivity contribution in [2.24, 2.45) is 7.05 Å². The molecule has 166 valence electrons. The van der Waals surface area contributed by atoms with Gasteiger partial charge in [-0.05, 0) is 54.6 Å². The van der Waals surface area contributed by atoms with Crippen LogP contribution in [0.1, 0.15) is 29.6 Å². The maximum absolute atomic E-state index is 13.2. The first kappa shape index (κ1) is 20.1. The van der Waals surface area contributed by atoms with Gasteiger partial charge in [0.15, 0.2) is 0 Å². The van der Waals surface area contributed by atoms with Gasteiger partial charge in [0, 0.05) is 42.7 Å². The molecule has 2 saturated heterocycles. The van der Waals surface area contributed by atoms with E-state index in [9.17, 15) is 9.59 Å². The first-order valence-corrected chi connectivity index (χ1v) is 11.3. The van der Waals surface area contributed by atoms with Gasteiger partial charge in [0.1, 0.15) is 0 Å². The molecule has 1 atom stereocenters. The number of ether oxygens (including phenoxy) is 1. The lowest BCUT2D eigenvalue weighted by atomic mass is 9.85. The number of benzene rings is 2. The monoisotopic (exact) mass is 440 g/mol. The summed E-state index contributed by atoms with van der Waals surface area (Å²) in [7, 11) is 1.74. The van der Waals surface area contributed by atoms with Gasteiger partial charge in [0.25, 0.3) is 11.5 Å². The summed E-state index contributed by atoms with van der Waals surface area (Å²) in [5.74, 6) is 0.0141. The van der Waals surface area contributed by atoms with Crippen LogP contribution in [0.5, 0.6) is 0 Å². The highest BCUT2D eigenvalue weighted by atomic mass is 16.5. The Kier molecular flexibility index (Phi) is 4.55. The zero-order valence-corrected chi connectivity index (χ0v) is 18.5. The van der Waals surface area contributed by atoms with Crippen LogP contribution in [-0.2, 0) is 11.8 Å². The molecule has 7 heteroatoms. The van der Waals surface area contributed by atoms with Crippen LogP contribution in [0, 0.1) is 0 Å². The van der Waals surface area contributed by atoms with E-state index in [2.05, 4.69) is 4.98 Å². The van der Waals surface area contributed by atoms with E-state index in [-0.39, 0.29) is 17.1 Å². The summed E-state index contributed by atoms with van der Waals surface area (Å²) in [5.41, 5.74) is 3.45. The van der Waals surface area contributed by atoms with E-state index in [1.54, 1.807) is 24.0 Å². The highest BCUT2D eigenvalue weighted by molar-refractivity contribution is 5.97. The summed E-state index contributed by atoms with van der Waals surface area (Å²) in [4.78, 5) is 36.8. The van der Waals surface area contributed by atoms with Gasteiger partial charge in [-0.15, -0.1) is 0 Å². The Morgan fingerprint density at radius 1 is 1.09 bits per heavy atom. The third-order valence-electron chi connectivity index (χ3n) is 6.96. The summed E-state index contributed by atoms with van der Waals surface area (Å²) in [6.45, 7) is 2.20. The summed E-state index contributed by atoms with van der Waals surface area (Å²) < 4.78 is 7.38. The van der Waals surface area contributed by atoms with Gasteiger partial charge in [-0.2, -0.15) is 0 Å². The molecule has 2 fully saturated rings. The van der Waals surface area contributed by atoms with Gasteiger partial charge < -0.3 is 14.2 Å². The maximum Gasteiger partial charge on any atom is 0.258 e. The highest BCUT2D eigenvalue weighted by Gasteiger charge is 2.43. The van der Waals surface area contributed by atoms with Crippen LogP contribution in [-0.4, -0.2) is 50.6 Å². The van der Waals surface area contributed by atoms with E-state index < -0.39 is 0 Å². The second-order valence-corrected chi connectivity index (χ2v) is 9.10. The Hall–Kier alpha value is -3.58. The number of amides is 1. The first-order chi connectivity index (χ1) is 16.0. The largest absolute Gasteiger partial charge is 0.373 e. The Balaban J connectivity index is 1.34. The number of pyridine rings is 1. The molecule has 1 amide bonds. The quantitative estimate of drug-likeness (QED) is 0.477. The Labute approximate surface area is 190 Å². The number of aryl methyl sites for hydroxylation is 1. The molecule has 0 bridgehead atoms. The number of fused-ring (bicyclic) bond motifs is 2. The van der Waals surface area contributed by atoms with Crippen LogP contribution < -0.4 is 5.56 Å². The fraction of sp³-hybridized carbons (Fsp3) is 0.308. The molecule has 0 saturated carbocycles. The van der Waals surface area contributed by atoms with Crippen molar-refractivity contribution in [3.05, 3.63) is 70.8 Å². The molecule has 2 aromatic carbocycles. The van der Waals surface area contributed by atoms with Crippen molar-refractivity contribution in [1.29, 1.82) is 0 Å². The molecule has 2 aromatic heterocycles. The number of likely N-dealkylation sites (tertiary alicyclic amines) is 1. The summed E-state index contributed by atoms with van der Waals surface area (Å²) >= 11 is 0. The Bertz CT molecular complexity index is 1470. The van der Waals surface area contributed by atoms with Crippen molar-refractivity contribution in [2.75, 3.05) is 19.7 Å². The Morgan fingerprint density at radius 2 is 1.97 bits per heavy atom. The van der Waals surface area contributed by atoms with E-state index in [0.29, 0.717) is 28.7 Å². The van der Waals surface area contributed by atoms with Gasteiger partial charge in [-0.25, -0.2) is 4.98 Å². The van der Waals surface area contributed by atoms with Crippen LogP contribution in [0.2, 0.25) is 0 Å². The van der Waals surface area contributed by atoms with Gasteiger partial charge in [-0.3, -0.25) is 14.6 Å². The second kappa shape index (κ2) is 7.49. The zero-order valence-electron chi connectivity index (χ0n) is 18.5. The molecule has 0 unspecified atom stereocenters. The lowest BCUT2D eigenvalue weighted by Gasteiger charge is -2.48. The fourth-order valence-electron chi connectivity index (χ4n) is 4.95. The molecule has 2 aliphatic rings. The third kappa shape index (κ3) is 3.40. The number of hydrogen-bond donors (Lipinski definition) is 0. The average Bonchev–Trinajstić information content (AvgIpc) is 2.84. The molecule has 33 heavy (non-hydrogen) atoms. The average molecular weight is 441 g/mol. The van der Waals surface area contributed by atoms with Crippen molar-refractivity contribution in [2.45, 2.75) is 24.9 Å². The number of carbonyl (C=O) groups excluding carboxylic acids is 1. The summed E-state index contributed by atoms with van der Waals surface area (Å²) in [6, 6.07) is 13.1. The molecule has 2 aliphatic heterocycles. The molecule has 0 N–H and O–H groups in total. The molecule has 7 nitrogen and oxygen atoms in total. The van der Waals surface area contributed by atoms with E-state index in [1.165, 1.54) is 0 Å². The van der Waals surface area contributed by atoms with E-state index >= 15 is 0 Å². The molecular weight excluding hydrogens is 416 g/mol. The minimum Gasteiger partial charge on any atom is -0.373 e. The summed E-state index contributed by atoms with van der Waals surface area (Å²) in [5, 5.41) is 1.53. The van der Waals surface area contributed by atoms with Gasteiger partial charge in [-0.1, -0.05) is 6.07 Å². The van der Waals surface area contributed by atoms with Crippen molar-refractivity contribution < 1.29 is 9.53 Å². The first-order valence-electron chi connectivity index (χ1n) is 11.3. The highest BCUT2D eigenvalue weighted by Crippen LogP contribution is 2.36. The normalized spacial score (nSPS) is 20.3. The Morgan fingerprint density at radius 3 is 2.79 bits per heavy atom. The maximum atomic E-state index is 13.2. The number of nitrogens with zero attached hydrogens (tertiary/aromatic N) is 4. The number of piperidine rings is 1. The van der Waals surface area contributed by atoms with Gasteiger partial charge >= 0.3 is 0 Å². The molecule has 0 aliphatic carbocycles. The van der Waals surface area contributed by atoms with Crippen molar-refractivity contribution in [3.8, 4) is 11.3 Å². The third-order valence-corrected chi connectivity index (χ3v) is 6.96. The van der Waals surface area contributed by atoms with Crippen molar-refractivity contribution >= 4 is 27.7 Å². The van der Waals surface area contributed by atoms with Crippen LogP contribution in [0.15, 0.2) is 59.7 Å². The number of hydrogen-bond acceptors (Lipinski definition) is 5. The lowest BCUT2D eigenvalue weighted by Crippen LogP contribution is -2.57. The molecule has 6 rings (SSSR count). The molecule has 1 spiro atoms. The summed E-state index contributed by atoms with van der Waals surface area (Å²) in [6.07, 6.45) is 6.52. The topological polar surface area (TPSA) is 77.3 Å². The predicted octanol–water partition coefficient (Wildman–Crippen LogP) is 3.54. The van der Waals surface area contributed by atoms with Crippen LogP contribution in [0.3, 0.4) is 0 Å². The number of aromatic nitrogens is 3.